The molecule has 1 atom stereocenters. The monoisotopic (exact) mass is 372 g/mol. The van der Waals surface area contributed by atoms with Gasteiger partial charge in [0.25, 0.3) is 5.91 Å². The molecule has 1 aliphatic heterocycles. The zero-order chi connectivity index (χ0) is 18.7. The number of amides is 1. The zero-order valence-electron chi connectivity index (χ0n) is 15.6. The Morgan fingerprint density at radius 3 is 2.88 bits per heavy atom. The summed E-state index contributed by atoms with van der Waals surface area (Å²) in [7, 11) is 0. The average Bonchev–Trinajstić information content (AvgIpc) is 2.64. The predicted octanol–water partition coefficient (Wildman–Crippen LogP) is 4.77. The van der Waals surface area contributed by atoms with Crippen molar-refractivity contribution in [1.82, 2.24) is 9.97 Å². The molecule has 2 aromatic rings. The lowest BCUT2D eigenvalue weighted by Crippen LogP contribution is -2.40. The lowest BCUT2D eigenvalue weighted by molar-refractivity contribution is 0.102. The van der Waals surface area contributed by atoms with E-state index in [0.717, 1.165) is 37.1 Å². The number of carbonyl (C=O) groups excluding carboxylic acids is 1. The van der Waals surface area contributed by atoms with Crippen LogP contribution in [0.1, 0.15) is 54.4 Å². The van der Waals surface area contributed by atoms with Gasteiger partial charge in [-0.1, -0.05) is 24.6 Å². The lowest BCUT2D eigenvalue weighted by atomic mass is 10.0. The largest absolute Gasteiger partial charge is 0.338 e. The van der Waals surface area contributed by atoms with E-state index < -0.39 is 0 Å². The number of rotatable bonds is 4. The van der Waals surface area contributed by atoms with E-state index in [1.165, 1.54) is 6.42 Å². The third-order valence-corrected chi connectivity index (χ3v) is 5.36. The van der Waals surface area contributed by atoms with Crippen LogP contribution in [0.5, 0.6) is 0 Å². The molecule has 138 valence electrons. The second-order valence-corrected chi connectivity index (χ2v) is 7.22. The van der Waals surface area contributed by atoms with Crippen LogP contribution in [-0.4, -0.2) is 28.5 Å². The second-order valence-electron chi connectivity index (χ2n) is 6.81. The number of nitrogens with zero attached hydrogens (tertiary/aromatic N) is 3. The predicted molar refractivity (Wildman–Crippen MR) is 106 cm³/mol. The minimum absolute atomic E-state index is 0.243. The van der Waals surface area contributed by atoms with Crippen LogP contribution in [0.3, 0.4) is 0 Å². The maximum absolute atomic E-state index is 12.8. The number of carbonyl (C=O) groups is 1. The van der Waals surface area contributed by atoms with Crippen LogP contribution in [0.4, 0.5) is 11.6 Å². The van der Waals surface area contributed by atoms with Gasteiger partial charge in [0.2, 0.25) is 5.95 Å². The van der Waals surface area contributed by atoms with E-state index in [1.54, 1.807) is 12.1 Å². The zero-order valence-corrected chi connectivity index (χ0v) is 16.3. The van der Waals surface area contributed by atoms with Crippen molar-refractivity contribution in [2.75, 3.05) is 16.8 Å². The molecule has 0 spiro atoms. The van der Waals surface area contributed by atoms with Crippen molar-refractivity contribution < 1.29 is 4.79 Å². The minimum Gasteiger partial charge on any atom is -0.338 e. The van der Waals surface area contributed by atoms with Gasteiger partial charge in [0.05, 0.1) is 0 Å². The molecule has 1 aromatic carbocycles. The fraction of sp³-hybridized carbons (Fsp3) is 0.450. The highest BCUT2D eigenvalue weighted by Gasteiger charge is 2.24. The Kier molecular flexibility index (Phi) is 5.77. The van der Waals surface area contributed by atoms with Crippen LogP contribution >= 0.6 is 11.6 Å². The standard InChI is InChI=1S/C20H25ClN4O/c1-4-15-8-5-6-11-25(15)20-22-13(2)12-18(24-20)19(26)23-17-10-7-9-16(21)14(17)3/h7,9-10,12,15H,4-6,8,11H2,1-3H3,(H,23,26). The van der Waals surface area contributed by atoms with Crippen molar-refractivity contribution in [2.45, 2.75) is 52.5 Å². The highest BCUT2D eigenvalue weighted by atomic mass is 35.5. The molecule has 5 nitrogen and oxygen atoms in total. The Labute approximate surface area is 159 Å². The first-order chi connectivity index (χ1) is 12.5. The molecule has 1 amide bonds. The summed E-state index contributed by atoms with van der Waals surface area (Å²) in [5, 5.41) is 3.54. The molecule has 26 heavy (non-hydrogen) atoms. The topological polar surface area (TPSA) is 58.1 Å². The quantitative estimate of drug-likeness (QED) is 0.839. The van der Waals surface area contributed by atoms with Gasteiger partial charge < -0.3 is 10.2 Å². The van der Waals surface area contributed by atoms with Crippen molar-refractivity contribution in [1.29, 1.82) is 0 Å². The lowest BCUT2D eigenvalue weighted by Gasteiger charge is -2.35. The first-order valence-electron chi connectivity index (χ1n) is 9.18. The molecular weight excluding hydrogens is 348 g/mol. The third kappa shape index (κ3) is 3.98. The Balaban J connectivity index is 1.87. The van der Waals surface area contributed by atoms with E-state index in [9.17, 15) is 4.79 Å². The van der Waals surface area contributed by atoms with E-state index in [2.05, 4.69) is 27.1 Å². The molecule has 3 rings (SSSR count). The summed E-state index contributed by atoms with van der Waals surface area (Å²) in [6.45, 7) is 6.91. The van der Waals surface area contributed by atoms with Gasteiger partial charge in [-0.15, -0.1) is 0 Å². The van der Waals surface area contributed by atoms with Crippen LogP contribution in [0.15, 0.2) is 24.3 Å². The number of piperidine rings is 1. The van der Waals surface area contributed by atoms with Crippen molar-refractivity contribution >= 4 is 29.1 Å². The van der Waals surface area contributed by atoms with Crippen LogP contribution < -0.4 is 10.2 Å². The van der Waals surface area contributed by atoms with Gasteiger partial charge in [-0.2, -0.15) is 0 Å². The number of aromatic nitrogens is 2. The van der Waals surface area contributed by atoms with Gasteiger partial charge >= 0.3 is 0 Å². The van der Waals surface area contributed by atoms with E-state index in [4.69, 9.17) is 11.6 Å². The molecule has 1 N–H and O–H groups in total. The Bertz CT molecular complexity index is 808. The fourth-order valence-corrected chi connectivity index (χ4v) is 3.59. The van der Waals surface area contributed by atoms with Crippen LogP contribution in [0, 0.1) is 13.8 Å². The molecule has 0 radical (unpaired) electrons. The molecule has 1 fully saturated rings. The molecule has 1 aromatic heterocycles. The second kappa shape index (κ2) is 8.04. The van der Waals surface area contributed by atoms with Crippen LogP contribution in [0.25, 0.3) is 0 Å². The molecule has 6 heteroatoms. The molecule has 0 saturated carbocycles. The molecule has 1 saturated heterocycles. The number of halogens is 1. The maximum Gasteiger partial charge on any atom is 0.274 e. The third-order valence-electron chi connectivity index (χ3n) is 4.95. The number of anilines is 2. The number of benzene rings is 1. The molecule has 0 bridgehead atoms. The van der Waals surface area contributed by atoms with E-state index >= 15 is 0 Å². The fourth-order valence-electron chi connectivity index (χ4n) is 3.42. The van der Waals surface area contributed by atoms with Crippen molar-refractivity contribution in [3.63, 3.8) is 0 Å². The van der Waals surface area contributed by atoms with Gasteiger partial charge in [0.1, 0.15) is 5.69 Å². The minimum atomic E-state index is -0.243. The van der Waals surface area contributed by atoms with E-state index in [-0.39, 0.29) is 5.91 Å². The first kappa shape index (κ1) is 18.6. The maximum atomic E-state index is 12.8. The average molecular weight is 373 g/mol. The molecule has 2 heterocycles. The molecule has 1 aliphatic rings. The van der Waals surface area contributed by atoms with Crippen LogP contribution in [0.2, 0.25) is 5.02 Å². The van der Waals surface area contributed by atoms with Crippen LogP contribution in [-0.2, 0) is 0 Å². The summed E-state index contributed by atoms with van der Waals surface area (Å²) in [6.07, 6.45) is 4.58. The van der Waals surface area contributed by atoms with Gasteiger partial charge in [-0.3, -0.25) is 4.79 Å². The van der Waals surface area contributed by atoms with Gasteiger partial charge in [0, 0.05) is 29.0 Å². The van der Waals surface area contributed by atoms with Gasteiger partial charge in [-0.05, 0) is 63.3 Å². The van der Waals surface area contributed by atoms with E-state index in [0.29, 0.717) is 28.4 Å². The molecule has 0 aliphatic carbocycles. The summed E-state index contributed by atoms with van der Waals surface area (Å²) >= 11 is 6.14. The van der Waals surface area contributed by atoms with E-state index in [1.807, 2.05) is 26.0 Å². The van der Waals surface area contributed by atoms with Crippen molar-refractivity contribution in [3.8, 4) is 0 Å². The van der Waals surface area contributed by atoms with Gasteiger partial charge in [0.15, 0.2) is 0 Å². The number of aryl methyl sites for hydroxylation is 1. The summed E-state index contributed by atoms with van der Waals surface area (Å²) in [4.78, 5) is 24.2. The van der Waals surface area contributed by atoms with Gasteiger partial charge in [-0.25, -0.2) is 9.97 Å². The number of hydrogen-bond acceptors (Lipinski definition) is 4. The summed E-state index contributed by atoms with van der Waals surface area (Å²) < 4.78 is 0. The number of hydrogen-bond donors (Lipinski definition) is 1. The summed E-state index contributed by atoms with van der Waals surface area (Å²) in [5.74, 6) is 0.414. The Morgan fingerprint density at radius 1 is 1.31 bits per heavy atom. The van der Waals surface area contributed by atoms with Crippen molar-refractivity contribution in [2.24, 2.45) is 0 Å². The molecular formula is C20H25ClN4O. The number of nitrogens with one attached hydrogen (secondary N) is 1. The first-order valence-corrected chi connectivity index (χ1v) is 9.56. The smallest absolute Gasteiger partial charge is 0.274 e. The highest BCUT2D eigenvalue weighted by Crippen LogP contribution is 2.26. The normalized spacial score (nSPS) is 17.2. The molecule has 1 unspecified atom stereocenters. The summed E-state index contributed by atoms with van der Waals surface area (Å²) in [6, 6.07) is 7.63. The highest BCUT2D eigenvalue weighted by molar-refractivity contribution is 6.31. The Morgan fingerprint density at radius 2 is 2.12 bits per heavy atom. The van der Waals surface area contributed by atoms with Crippen molar-refractivity contribution in [3.05, 3.63) is 46.2 Å². The SMILES string of the molecule is CCC1CCCCN1c1nc(C)cc(C(=O)Nc2cccc(Cl)c2C)n1. The summed E-state index contributed by atoms with van der Waals surface area (Å²) in [5.41, 5.74) is 2.72. The Hall–Kier alpha value is -2.14.